The zero-order chi connectivity index (χ0) is 22.3. The van der Waals surface area contributed by atoms with Gasteiger partial charge in [0, 0.05) is 63.0 Å². The minimum absolute atomic E-state index is 0.391. The highest BCUT2D eigenvalue weighted by Crippen LogP contribution is 2.50. The van der Waals surface area contributed by atoms with E-state index in [1.807, 2.05) is 75.2 Å². The lowest BCUT2D eigenvalue weighted by molar-refractivity contribution is 0.0235. The van der Waals surface area contributed by atoms with E-state index in [2.05, 4.69) is 11.1 Å². The van der Waals surface area contributed by atoms with Crippen molar-refractivity contribution in [2.45, 2.75) is 12.5 Å². The van der Waals surface area contributed by atoms with Gasteiger partial charge in [0.2, 0.25) is 5.60 Å². The summed E-state index contributed by atoms with van der Waals surface area (Å²) >= 11 is 0. The number of esters is 1. The van der Waals surface area contributed by atoms with Gasteiger partial charge < -0.3 is 19.3 Å². The monoisotopic (exact) mass is 417 g/mol. The summed E-state index contributed by atoms with van der Waals surface area (Å²) in [7, 11) is 9.57. The fraction of sp³-hybridized carbons (Fsp3) is 0.280. The minimum atomic E-state index is -1.20. The summed E-state index contributed by atoms with van der Waals surface area (Å²) in [6.07, 6.45) is 1.69. The number of ether oxygens (including phenoxy) is 2. The molecule has 2 aromatic carbocycles. The number of rotatable bonds is 5. The lowest BCUT2D eigenvalue weighted by atomic mass is 9.80. The number of aromatic nitrogens is 1. The Morgan fingerprint density at radius 2 is 1.58 bits per heavy atom. The van der Waals surface area contributed by atoms with Crippen molar-refractivity contribution in [3.8, 4) is 5.75 Å². The highest BCUT2D eigenvalue weighted by atomic mass is 16.6. The number of methoxy groups -OCH3 is 1. The molecule has 1 aromatic heterocycles. The van der Waals surface area contributed by atoms with Crippen LogP contribution in [0.5, 0.6) is 5.75 Å². The Morgan fingerprint density at radius 3 is 2.19 bits per heavy atom. The number of cyclic esters (lactones) is 1. The standard InChI is InChI=1S/C25H27N3O3/c1-16-14-17(27(2)3)9-11-20(16)25(23-19(24(29)31-25)8-7-13-26-23)21-12-10-18(28(4)5)15-22(21)30-6/h7-15H,1-6H3. The average molecular weight is 418 g/mol. The number of carbonyl (C=O) groups is 1. The molecule has 31 heavy (non-hydrogen) atoms. The van der Waals surface area contributed by atoms with Crippen molar-refractivity contribution in [3.63, 3.8) is 0 Å². The summed E-state index contributed by atoms with van der Waals surface area (Å²) in [6, 6.07) is 15.6. The van der Waals surface area contributed by atoms with Crippen LogP contribution < -0.4 is 14.5 Å². The number of nitrogens with zero attached hydrogens (tertiary/aromatic N) is 3. The quantitative estimate of drug-likeness (QED) is 0.585. The molecule has 0 N–H and O–H groups in total. The Bertz CT molecular complexity index is 1160. The lowest BCUT2D eigenvalue weighted by Crippen LogP contribution is -2.32. The van der Waals surface area contributed by atoms with Gasteiger partial charge in [-0.2, -0.15) is 0 Å². The molecule has 2 heterocycles. The largest absolute Gasteiger partial charge is 0.496 e. The first-order chi connectivity index (χ1) is 14.8. The third-order valence-corrected chi connectivity index (χ3v) is 5.79. The third kappa shape index (κ3) is 3.19. The van der Waals surface area contributed by atoms with Gasteiger partial charge in [-0.1, -0.05) is 6.07 Å². The van der Waals surface area contributed by atoms with Crippen molar-refractivity contribution in [1.29, 1.82) is 0 Å². The van der Waals surface area contributed by atoms with Gasteiger partial charge in [0.05, 0.1) is 12.7 Å². The molecular weight excluding hydrogens is 390 g/mol. The van der Waals surface area contributed by atoms with Crippen LogP contribution in [0.4, 0.5) is 11.4 Å². The van der Waals surface area contributed by atoms with E-state index in [0.717, 1.165) is 28.1 Å². The molecule has 3 aromatic rings. The number of benzene rings is 2. The summed E-state index contributed by atoms with van der Waals surface area (Å²) in [5, 5.41) is 0. The van der Waals surface area contributed by atoms with Gasteiger partial charge >= 0.3 is 5.97 Å². The van der Waals surface area contributed by atoms with Crippen LogP contribution in [0.15, 0.2) is 54.7 Å². The number of fused-ring (bicyclic) bond motifs is 1. The Hall–Kier alpha value is -3.54. The third-order valence-electron chi connectivity index (χ3n) is 5.79. The molecule has 160 valence electrons. The molecule has 0 fully saturated rings. The second kappa shape index (κ2) is 7.61. The molecule has 0 saturated carbocycles. The van der Waals surface area contributed by atoms with E-state index in [1.165, 1.54) is 0 Å². The fourth-order valence-corrected chi connectivity index (χ4v) is 4.17. The van der Waals surface area contributed by atoms with Gasteiger partial charge in [-0.15, -0.1) is 0 Å². The Balaban J connectivity index is 2.06. The van der Waals surface area contributed by atoms with Crippen LogP contribution in [0.3, 0.4) is 0 Å². The molecule has 1 unspecified atom stereocenters. The zero-order valence-corrected chi connectivity index (χ0v) is 18.8. The van der Waals surface area contributed by atoms with Crippen LogP contribution in [0.2, 0.25) is 0 Å². The molecule has 6 heteroatoms. The number of hydrogen-bond acceptors (Lipinski definition) is 6. The van der Waals surface area contributed by atoms with Crippen molar-refractivity contribution in [2.24, 2.45) is 0 Å². The van der Waals surface area contributed by atoms with Crippen LogP contribution in [0.1, 0.15) is 32.7 Å². The lowest BCUT2D eigenvalue weighted by Gasteiger charge is -2.32. The van der Waals surface area contributed by atoms with E-state index < -0.39 is 11.6 Å². The number of hydrogen-bond donors (Lipinski definition) is 0. The zero-order valence-electron chi connectivity index (χ0n) is 18.8. The van der Waals surface area contributed by atoms with E-state index >= 15 is 0 Å². The van der Waals surface area contributed by atoms with Crippen LogP contribution in [0.25, 0.3) is 0 Å². The van der Waals surface area contributed by atoms with Gasteiger partial charge in [-0.3, -0.25) is 4.98 Å². The molecule has 0 saturated heterocycles. The molecule has 0 radical (unpaired) electrons. The van der Waals surface area contributed by atoms with E-state index in [1.54, 1.807) is 25.4 Å². The van der Waals surface area contributed by atoms with Crippen molar-refractivity contribution in [1.82, 2.24) is 4.98 Å². The summed E-state index contributed by atoms with van der Waals surface area (Å²) in [5.74, 6) is 0.242. The SMILES string of the molecule is COc1cc(N(C)C)ccc1C1(c2ccc(N(C)C)cc2C)OC(=O)c2cccnc21. The normalized spacial score (nSPS) is 17.2. The predicted octanol–water partition coefficient (Wildman–Crippen LogP) is 3.99. The molecule has 1 aliphatic heterocycles. The maximum atomic E-state index is 13.0. The Labute approximate surface area is 183 Å². The molecular formula is C25H27N3O3. The smallest absolute Gasteiger partial charge is 0.341 e. The Morgan fingerprint density at radius 1 is 0.935 bits per heavy atom. The summed E-state index contributed by atoms with van der Waals surface area (Å²) in [6.45, 7) is 2.03. The highest BCUT2D eigenvalue weighted by molar-refractivity contribution is 5.96. The van der Waals surface area contributed by atoms with Crippen LogP contribution in [-0.4, -0.2) is 46.3 Å². The van der Waals surface area contributed by atoms with Gasteiger partial charge in [0.1, 0.15) is 11.4 Å². The Kier molecular flexibility index (Phi) is 5.09. The first kappa shape index (κ1) is 20.7. The van der Waals surface area contributed by atoms with Crippen LogP contribution >= 0.6 is 0 Å². The molecule has 0 spiro atoms. The molecule has 1 atom stereocenters. The maximum Gasteiger partial charge on any atom is 0.341 e. The number of pyridine rings is 1. The molecule has 0 aliphatic carbocycles. The topological polar surface area (TPSA) is 54.9 Å². The molecule has 0 amide bonds. The summed E-state index contributed by atoms with van der Waals surface area (Å²) in [5.41, 5.74) is 4.51. The molecule has 4 rings (SSSR count). The van der Waals surface area contributed by atoms with Crippen LogP contribution in [-0.2, 0) is 10.3 Å². The maximum absolute atomic E-state index is 13.0. The second-order valence-corrected chi connectivity index (χ2v) is 8.14. The van der Waals surface area contributed by atoms with Crippen molar-refractivity contribution < 1.29 is 14.3 Å². The molecule has 6 nitrogen and oxygen atoms in total. The first-order valence-electron chi connectivity index (χ1n) is 10.1. The van der Waals surface area contributed by atoms with Gasteiger partial charge in [-0.05, 0) is 48.9 Å². The number of carbonyl (C=O) groups excluding carboxylic acids is 1. The molecule has 1 aliphatic rings. The summed E-state index contributed by atoms with van der Waals surface area (Å²) in [4.78, 5) is 21.6. The fourth-order valence-electron chi connectivity index (χ4n) is 4.17. The van der Waals surface area contributed by atoms with Crippen molar-refractivity contribution >= 4 is 17.3 Å². The number of anilines is 2. The second-order valence-electron chi connectivity index (χ2n) is 8.14. The van der Waals surface area contributed by atoms with Gasteiger partial charge in [-0.25, -0.2) is 4.79 Å². The summed E-state index contributed by atoms with van der Waals surface area (Å²) < 4.78 is 12.0. The highest BCUT2D eigenvalue weighted by Gasteiger charge is 2.52. The first-order valence-corrected chi connectivity index (χ1v) is 10.1. The van der Waals surface area contributed by atoms with Gasteiger partial charge in [0.15, 0.2) is 0 Å². The molecule has 0 bridgehead atoms. The van der Waals surface area contributed by atoms with E-state index in [-0.39, 0.29) is 0 Å². The van der Waals surface area contributed by atoms with Crippen molar-refractivity contribution in [3.05, 3.63) is 82.7 Å². The van der Waals surface area contributed by atoms with E-state index in [9.17, 15) is 4.79 Å². The minimum Gasteiger partial charge on any atom is -0.496 e. The average Bonchev–Trinajstić information content (AvgIpc) is 3.06. The van der Waals surface area contributed by atoms with Crippen molar-refractivity contribution in [2.75, 3.05) is 45.1 Å². The van der Waals surface area contributed by atoms with Crippen LogP contribution in [0, 0.1) is 6.92 Å². The van der Waals surface area contributed by atoms with E-state index in [4.69, 9.17) is 9.47 Å². The van der Waals surface area contributed by atoms with Gasteiger partial charge in [0.25, 0.3) is 0 Å². The van der Waals surface area contributed by atoms with E-state index in [0.29, 0.717) is 17.0 Å². The number of aryl methyl sites for hydroxylation is 1. The predicted molar refractivity (Wildman–Crippen MR) is 122 cm³/mol.